The Kier molecular flexibility index (Phi) is 3.45. The maximum atomic E-state index is 12.3. The molecule has 0 saturated carbocycles. The zero-order valence-electron chi connectivity index (χ0n) is 6.99. The molecule has 0 atom stereocenters. The van der Waals surface area contributed by atoms with E-state index in [4.69, 9.17) is 5.14 Å². The number of nitrogens with two attached hydrogens (primary N) is 1. The van der Waals surface area contributed by atoms with Crippen molar-refractivity contribution < 1.29 is 22.3 Å². The van der Waals surface area contributed by atoms with E-state index in [1.165, 1.54) is 0 Å². The lowest BCUT2D eigenvalue weighted by molar-refractivity contribution is 0.146. The van der Waals surface area contributed by atoms with E-state index in [0.717, 1.165) is 6.07 Å². The molecule has 0 saturated heterocycles. The molecule has 0 unspecified atom stereocenters. The number of aromatic nitrogens is 1. The third kappa shape index (κ3) is 2.72. The predicted molar refractivity (Wildman–Crippen MR) is 54.9 cm³/mol. The van der Waals surface area contributed by atoms with Gasteiger partial charge in [-0.1, -0.05) is 0 Å². The van der Waals surface area contributed by atoms with Crippen molar-refractivity contribution in [2.45, 2.75) is 11.5 Å². The first-order chi connectivity index (χ1) is 6.73. The number of alkyl halides is 2. The summed E-state index contributed by atoms with van der Waals surface area (Å²) in [6, 6.07) is 0.884. The summed E-state index contributed by atoms with van der Waals surface area (Å²) in [7, 11) is -4.31. The highest BCUT2D eigenvalue weighted by molar-refractivity contribution is 14.1. The van der Waals surface area contributed by atoms with Crippen LogP contribution in [0, 0.1) is 3.70 Å². The van der Waals surface area contributed by atoms with E-state index in [9.17, 15) is 22.3 Å². The third-order valence-corrected chi connectivity index (χ3v) is 2.84. The molecule has 9 heteroatoms. The summed E-state index contributed by atoms with van der Waals surface area (Å²) < 4.78 is 46.5. The van der Waals surface area contributed by atoms with Crippen LogP contribution in [0.3, 0.4) is 0 Å². The van der Waals surface area contributed by atoms with Crippen LogP contribution in [0.4, 0.5) is 8.78 Å². The van der Waals surface area contributed by atoms with Crippen molar-refractivity contribution in [1.29, 1.82) is 0 Å². The number of primary sulfonamides is 1. The van der Waals surface area contributed by atoms with Gasteiger partial charge in [-0.15, -0.1) is 0 Å². The summed E-state index contributed by atoms with van der Waals surface area (Å²) in [4.78, 5) is 3.38. The highest BCUT2D eigenvalue weighted by atomic mass is 127. The number of rotatable bonds is 2. The minimum Gasteiger partial charge on any atom is -0.505 e. The van der Waals surface area contributed by atoms with Crippen LogP contribution >= 0.6 is 22.6 Å². The van der Waals surface area contributed by atoms with Crippen LogP contribution in [-0.2, 0) is 10.0 Å². The van der Waals surface area contributed by atoms with Crippen LogP contribution in [0.15, 0.2) is 11.1 Å². The number of hydrogen-bond acceptors (Lipinski definition) is 4. The normalized spacial score (nSPS) is 12.1. The number of halogens is 3. The average Bonchev–Trinajstić information content (AvgIpc) is 2.06. The van der Waals surface area contributed by atoms with Gasteiger partial charge in [0.05, 0.1) is 5.56 Å². The summed E-state index contributed by atoms with van der Waals surface area (Å²) in [5.41, 5.74) is -0.807. The Morgan fingerprint density at radius 1 is 1.53 bits per heavy atom. The van der Waals surface area contributed by atoms with Crippen LogP contribution in [0.5, 0.6) is 5.75 Å². The van der Waals surface area contributed by atoms with Crippen LogP contribution in [-0.4, -0.2) is 18.5 Å². The van der Waals surface area contributed by atoms with E-state index in [1.807, 2.05) is 0 Å². The van der Waals surface area contributed by atoms with Gasteiger partial charge in [-0.25, -0.2) is 27.3 Å². The van der Waals surface area contributed by atoms with Gasteiger partial charge in [0, 0.05) is 0 Å². The van der Waals surface area contributed by atoms with Crippen molar-refractivity contribution in [2.75, 3.05) is 0 Å². The van der Waals surface area contributed by atoms with Crippen molar-refractivity contribution in [3.8, 4) is 5.75 Å². The zero-order valence-corrected chi connectivity index (χ0v) is 9.96. The fourth-order valence-corrected chi connectivity index (χ4v) is 2.22. The first-order valence-electron chi connectivity index (χ1n) is 3.44. The molecule has 0 aliphatic heterocycles. The van der Waals surface area contributed by atoms with Crippen molar-refractivity contribution in [1.82, 2.24) is 4.98 Å². The fourth-order valence-electron chi connectivity index (χ4n) is 0.867. The molecule has 1 rings (SSSR count). The lowest BCUT2D eigenvalue weighted by Gasteiger charge is -2.07. The van der Waals surface area contributed by atoms with Gasteiger partial charge in [0.1, 0.15) is 3.70 Å². The predicted octanol–water partition coefficient (Wildman–Crippen LogP) is 0.977. The monoisotopic (exact) mass is 350 g/mol. The van der Waals surface area contributed by atoms with E-state index in [2.05, 4.69) is 4.98 Å². The smallest absolute Gasteiger partial charge is 0.267 e. The van der Waals surface area contributed by atoms with Gasteiger partial charge in [-0.05, 0) is 28.7 Å². The Labute approximate surface area is 97.5 Å². The van der Waals surface area contributed by atoms with E-state index >= 15 is 0 Å². The molecule has 15 heavy (non-hydrogen) atoms. The number of sulfonamides is 1. The summed E-state index contributed by atoms with van der Waals surface area (Å²) in [5.74, 6) is -1.10. The molecule has 0 amide bonds. The first kappa shape index (κ1) is 12.5. The molecular weight excluding hydrogens is 345 g/mol. The van der Waals surface area contributed by atoms with Gasteiger partial charge in [-0.2, -0.15) is 0 Å². The molecule has 1 aromatic heterocycles. The van der Waals surface area contributed by atoms with Crippen LogP contribution in [0.25, 0.3) is 0 Å². The Hall–Kier alpha value is -0.550. The molecule has 0 fully saturated rings. The number of hydrogen-bond donors (Lipinski definition) is 2. The molecule has 0 aromatic carbocycles. The topological polar surface area (TPSA) is 93.3 Å². The molecule has 1 aromatic rings. The van der Waals surface area contributed by atoms with Crippen LogP contribution in [0.2, 0.25) is 0 Å². The number of nitrogens with zero attached hydrogens (tertiary/aromatic N) is 1. The van der Waals surface area contributed by atoms with Crippen molar-refractivity contribution >= 4 is 32.6 Å². The maximum absolute atomic E-state index is 12.3. The van der Waals surface area contributed by atoms with Crippen molar-refractivity contribution in [3.05, 3.63) is 15.3 Å². The van der Waals surface area contributed by atoms with Gasteiger partial charge in [-0.3, -0.25) is 0 Å². The second-order valence-corrected chi connectivity index (χ2v) is 5.12. The van der Waals surface area contributed by atoms with E-state index in [-0.39, 0.29) is 3.70 Å². The second kappa shape index (κ2) is 4.14. The SMILES string of the molecule is NS(=O)(=O)c1nc(I)cc(C(F)F)c1O. The fraction of sp³-hybridized carbons (Fsp3) is 0.167. The number of pyridine rings is 1. The van der Waals surface area contributed by atoms with E-state index in [0.29, 0.717) is 0 Å². The van der Waals surface area contributed by atoms with Gasteiger partial charge < -0.3 is 5.11 Å². The summed E-state index contributed by atoms with van der Waals surface area (Å²) in [5, 5.41) is 13.0. The highest BCUT2D eigenvalue weighted by Crippen LogP contribution is 2.32. The van der Waals surface area contributed by atoms with E-state index in [1.54, 1.807) is 22.6 Å². The van der Waals surface area contributed by atoms with Gasteiger partial charge in [0.15, 0.2) is 5.75 Å². The standard InChI is InChI=1S/C6H5F2IN2O3S/c7-5(8)2-1-3(9)11-6(4(2)12)15(10,13)14/h1,5,12H,(H2,10,13,14). The van der Waals surface area contributed by atoms with Crippen LogP contribution in [0.1, 0.15) is 12.0 Å². The zero-order chi connectivity index (χ0) is 11.8. The van der Waals surface area contributed by atoms with Gasteiger partial charge >= 0.3 is 0 Å². The Morgan fingerprint density at radius 3 is 2.47 bits per heavy atom. The minimum absolute atomic E-state index is 0.00438. The van der Waals surface area contributed by atoms with Gasteiger partial charge in [0.25, 0.3) is 16.4 Å². The molecule has 84 valence electrons. The molecule has 1 heterocycles. The van der Waals surface area contributed by atoms with Crippen molar-refractivity contribution in [3.63, 3.8) is 0 Å². The third-order valence-electron chi connectivity index (χ3n) is 1.46. The minimum atomic E-state index is -4.31. The molecule has 0 bridgehead atoms. The highest BCUT2D eigenvalue weighted by Gasteiger charge is 2.24. The lowest BCUT2D eigenvalue weighted by Crippen LogP contribution is -2.15. The second-order valence-electron chi connectivity index (χ2n) is 2.53. The average molecular weight is 350 g/mol. The van der Waals surface area contributed by atoms with Crippen LogP contribution < -0.4 is 5.14 Å². The molecule has 0 aliphatic rings. The molecule has 0 aliphatic carbocycles. The molecule has 3 N–H and O–H groups in total. The lowest BCUT2D eigenvalue weighted by atomic mass is 10.2. The molecule has 0 spiro atoms. The summed E-state index contributed by atoms with van der Waals surface area (Å²) >= 11 is 1.55. The molecule has 5 nitrogen and oxygen atoms in total. The summed E-state index contributed by atoms with van der Waals surface area (Å²) in [6.45, 7) is 0. The van der Waals surface area contributed by atoms with Gasteiger partial charge in [0.2, 0.25) is 5.03 Å². The Bertz CT molecular complexity index is 491. The maximum Gasteiger partial charge on any atom is 0.267 e. The quantitative estimate of drug-likeness (QED) is 0.614. The Balaban J connectivity index is 3.56. The largest absolute Gasteiger partial charge is 0.505 e. The molecule has 0 radical (unpaired) electrons. The number of aromatic hydroxyl groups is 1. The Morgan fingerprint density at radius 2 is 2.07 bits per heavy atom. The summed E-state index contributed by atoms with van der Waals surface area (Å²) in [6.07, 6.45) is -3.00. The van der Waals surface area contributed by atoms with Crippen molar-refractivity contribution in [2.24, 2.45) is 5.14 Å². The first-order valence-corrected chi connectivity index (χ1v) is 6.06. The van der Waals surface area contributed by atoms with E-state index < -0.39 is 32.8 Å². The molecular formula is C6H5F2IN2O3S.